The highest BCUT2D eigenvalue weighted by Gasteiger charge is 2.22. The minimum absolute atomic E-state index is 0.170. The summed E-state index contributed by atoms with van der Waals surface area (Å²) in [6, 6.07) is 0.321. The molecule has 0 radical (unpaired) electrons. The zero-order valence-corrected chi connectivity index (χ0v) is 13.3. The van der Waals surface area contributed by atoms with Crippen LogP contribution in [0.15, 0.2) is 0 Å². The van der Waals surface area contributed by atoms with E-state index in [0.717, 1.165) is 25.8 Å². The van der Waals surface area contributed by atoms with Crippen LogP contribution in [0.2, 0.25) is 0 Å². The van der Waals surface area contributed by atoms with E-state index in [1.165, 1.54) is 6.26 Å². The fourth-order valence-electron chi connectivity index (χ4n) is 1.89. The van der Waals surface area contributed by atoms with Crippen LogP contribution in [0, 0.1) is 0 Å². The Bertz CT molecular complexity index is 312. The van der Waals surface area contributed by atoms with Crippen molar-refractivity contribution in [2.24, 2.45) is 0 Å². The minimum Gasteiger partial charge on any atom is -0.379 e. The molecule has 0 amide bonds. The third kappa shape index (κ3) is 9.85. The van der Waals surface area contributed by atoms with Gasteiger partial charge >= 0.3 is 0 Å². The molecule has 0 bridgehead atoms. The fraction of sp³-hybridized carbons (Fsp3) is 1.00. The molecule has 0 saturated heterocycles. The van der Waals surface area contributed by atoms with Crippen molar-refractivity contribution in [1.29, 1.82) is 0 Å². The third-order valence-electron chi connectivity index (χ3n) is 3.04. The Morgan fingerprint density at radius 1 is 1.33 bits per heavy atom. The van der Waals surface area contributed by atoms with Crippen molar-refractivity contribution < 1.29 is 13.2 Å². The van der Waals surface area contributed by atoms with Crippen molar-refractivity contribution in [3.63, 3.8) is 0 Å². The van der Waals surface area contributed by atoms with Gasteiger partial charge in [-0.3, -0.25) is 0 Å². The van der Waals surface area contributed by atoms with Crippen molar-refractivity contribution in [2.45, 2.75) is 58.1 Å². The summed E-state index contributed by atoms with van der Waals surface area (Å²) in [5.74, 6) is 0.269. The van der Waals surface area contributed by atoms with Gasteiger partial charge in [0.25, 0.3) is 0 Å². The van der Waals surface area contributed by atoms with Gasteiger partial charge in [0.2, 0.25) is 0 Å². The van der Waals surface area contributed by atoms with E-state index in [1.54, 1.807) is 7.11 Å². The molecule has 0 aliphatic heterocycles. The molecule has 0 aromatic heterocycles. The van der Waals surface area contributed by atoms with Crippen LogP contribution in [0.5, 0.6) is 0 Å². The SMILES string of the molecule is CCCNC(CCCS(C)(=O)=O)CC(C)(C)OC. The van der Waals surface area contributed by atoms with E-state index in [9.17, 15) is 8.42 Å². The van der Waals surface area contributed by atoms with E-state index in [1.807, 2.05) is 0 Å². The largest absolute Gasteiger partial charge is 0.379 e. The van der Waals surface area contributed by atoms with Gasteiger partial charge in [0.1, 0.15) is 9.84 Å². The van der Waals surface area contributed by atoms with Crippen LogP contribution >= 0.6 is 0 Å². The number of nitrogens with one attached hydrogen (secondary N) is 1. The topological polar surface area (TPSA) is 55.4 Å². The number of rotatable bonds is 10. The molecule has 4 nitrogen and oxygen atoms in total. The van der Waals surface area contributed by atoms with Gasteiger partial charge in [0, 0.05) is 25.2 Å². The highest BCUT2D eigenvalue weighted by atomic mass is 32.2. The van der Waals surface area contributed by atoms with Crippen LogP contribution in [-0.2, 0) is 14.6 Å². The van der Waals surface area contributed by atoms with Crippen LogP contribution in [0.3, 0.4) is 0 Å². The first-order chi connectivity index (χ1) is 8.20. The van der Waals surface area contributed by atoms with Crippen molar-refractivity contribution in [3.05, 3.63) is 0 Å². The predicted octanol–water partition coefficient (Wildman–Crippen LogP) is 1.99. The molecule has 0 aliphatic carbocycles. The van der Waals surface area contributed by atoms with Crippen molar-refractivity contribution in [1.82, 2.24) is 5.32 Å². The number of sulfone groups is 1. The molecule has 1 N–H and O–H groups in total. The van der Waals surface area contributed by atoms with E-state index in [-0.39, 0.29) is 11.4 Å². The van der Waals surface area contributed by atoms with E-state index in [2.05, 4.69) is 26.1 Å². The summed E-state index contributed by atoms with van der Waals surface area (Å²) in [6.45, 7) is 7.21. The van der Waals surface area contributed by atoms with Gasteiger partial charge < -0.3 is 10.1 Å². The number of ether oxygens (including phenoxy) is 1. The fourth-order valence-corrected chi connectivity index (χ4v) is 2.58. The van der Waals surface area contributed by atoms with Gasteiger partial charge in [-0.05, 0) is 46.1 Å². The first-order valence-electron chi connectivity index (χ1n) is 6.66. The minimum atomic E-state index is -2.85. The maximum atomic E-state index is 11.1. The van der Waals surface area contributed by atoms with Crippen LogP contribution in [0.25, 0.3) is 0 Å². The average Bonchev–Trinajstić information content (AvgIpc) is 2.23. The molecule has 0 fully saturated rings. The predicted molar refractivity (Wildman–Crippen MR) is 76.7 cm³/mol. The average molecular weight is 279 g/mol. The molecule has 1 atom stereocenters. The second kappa shape index (κ2) is 8.12. The van der Waals surface area contributed by atoms with E-state index < -0.39 is 9.84 Å². The van der Waals surface area contributed by atoms with Crippen LogP contribution in [0.1, 0.15) is 46.5 Å². The summed E-state index contributed by atoms with van der Waals surface area (Å²) in [6.07, 6.45) is 4.85. The smallest absolute Gasteiger partial charge is 0.147 e. The van der Waals surface area contributed by atoms with Crippen LogP contribution in [-0.4, -0.2) is 45.7 Å². The highest BCUT2D eigenvalue weighted by molar-refractivity contribution is 7.90. The number of hydrogen-bond acceptors (Lipinski definition) is 4. The molecule has 0 aromatic rings. The molecule has 0 heterocycles. The van der Waals surface area contributed by atoms with E-state index >= 15 is 0 Å². The summed E-state index contributed by atoms with van der Waals surface area (Å²) >= 11 is 0. The summed E-state index contributed by atoms with van der Waals surface area (Å²) in [7, 11) is -1.13. The zero-order valence-electron chi connectivity index (χ0n) is 12.5. The second-order valence-electron chi connectivity index (χ2n) is 5.59. The number of hydrogen-bond donors (Lipinski definition) is 1. The Hall–Kier alpha value is -0.130. The van der Waals surface area contributed by atoms with Gasteiger partial charge in [-0.1, -0.05) is 6.92 Å². The molecular formula is C13H29NO3S. The Morgan fingerprint density at radius 2 is 1.94 bits per heavy atom. The van der Waals surface area contributed by atoms with Crippen molar-refractivity contribution in [3.8, 4) is 0 Å². The monoisotopic (exact) mass is 279 g/mol. The van der Waals surface area contributed by atoms with Crippen molar-refractivity contribution in [2.75, 3.05) is 25.7 Å². The zero-order chi connectivity index (χ0) is 14.2. The van der Waals surface area contributed by atoms with Gasteiger partial charge in [-0.15, -0.1) is 0 Å². The second-order valence-corrected chi connectivity index (χ2v) is 7.85. The van der Waals surface area contributed by atoms with Gasteiger partial charge in [0.05, 0.1) is 5.60 Å². The van der Waals surface area contributed by atoms with Gasteiger partial charge in [-0.25, -0.2) is 8.42 Å². The Labute approximate surface area is 112 Å². The third-order valence-corrected chi connectivity index (χ3v) is 4.07. The molecule has 5 heteroatoms. The van der Waals surface area contributed by atoms with E-state index in [0.29, 0.717) is 12.5 Å². The van der Waals surface area contributed by atoms with Crippen LogP contribution in [0.4, 0.5) is 0 Å². The summed E-state index contributed by atoms with van der Waals surface area (Å²) in [4.78, 5) is 0. The lowest BCUT2D eigenvalue weighted by atomic mass is 9.96. The maximum absolute atomic E-state index is 11.1. The quantitative estimate of drug-likeness (QED) is 0.664. The lowest BCUT2D eigenvalue weighted by molar-refractivity contribution is 0.00637. The molecule has 0 aliphatic rings. The molecule has 0 rings (SSSR count). The summed E-state index contributed by atoms with van der Waals surface area (Å²) in [5.41, 5.74) is -0.170. The van der Waals surface area contributed by atoms with Gasteiger partial charge in [-0.2, -0.15) is 0 Å². The molecule has 110 valence electrons. The highest BCUT2D eigenvalue weighted by Crippen LogP contribution is 2.18. The Balaban J connectivity index is 4.23. The normalized spacial score (nSPS) is 14.7. The molecule has 0 spiro atoms. The summed E-state index contributed by atoms with van der Waals surface area (Å²) < 4.78 is 27.7. The van der Waals surface area contributed by atoms with Gasteiger partial charge in [0.15, 0.2) is 0 Å². The van der Waals surface area contributed by atoms with Crippen molar-refractivity contribution >= 4 is 9.84 Å². The molecule has 0 saturated carbocycles. The standard InChI is InChI=1S/C13H29NO3S/c1-6-9-14-12(11-13(2,3)17-4)8-7-10-18(5,15)16/h12,14H,6-11H2,1-5H3. The lowest BCUT2D eigenvalue weighted by Crippen LogP contribution is -2.38. The molecule has 0 aromatic carbocycles. The first kappa shape index (κ1) is 17.9. The molecular weight excluding hydrogens is 250 g/mol. The summed E-state index contributed by atoms with van der Waals surface area (Å²) in [5, 5.41) is 3.47. The molecule has 1 unspecified atom stereocenters. The Kier molecular flexibility index (Phi) is 8.06. The first-order valence-corrected chi connectivity index (χ1v) is 8.72. The molecule has 18 heavy (non-hydrogen) atoms. The lowest BCUT2D eigenvalue weighted by Gasteiger charge is -2.29. The van der Waals surface area contributed by atoms with Crippen LogP contribution < -0.4 is 5.32 Å². The Morgan fingerprint density at radius 3 is 2.39 bits per heavy atom. The maximum Gasteiger partial charge on any atom is 0.147 e. The van der Waals surface area contributed by atoms with E-state index in [4.69, 9.17) is 4.74 Å². The number of methoxy groups -OCH3 is 1.